The molecule has 0 aliphatic heterocycles. The zero-order valence-electron chi connectivity index (χ0n) is 10.5. The first-order chi connectivity index (χ1) is 8.16. The van der Waals surface area contributed by atoms with Gasteiger partial charge in [0.25, 0.3) is 0 Å². The molecule has 0 saturated heterocycles. The second kappa shape index (κ2) is 4.46. The number of halogens is 1. The molecule has 18 heavy (non-hydrogen) atoms. The molecule has 3 rings (SSSR count). The van der Waals surface area contributed by atoms with Gasteiger partial charge in [0.15, 0.2) is 11.4 Å². The maximum absolute atomic E-state index is 5.83. The van der Waals surface area contributed by atoms with Gasteiger partial charge in [0.2, 0.25) is 0 Å². The minimum absolute atomic E-state index is 0. The van der Waals surface area contributed by atoms with Crippen molar-refractivity contribution in [3.63, 3.8) is 0 Å². The molecule has 0 N–H and O–H groups in total. The fourth-order valence-electron chi connectivity index (χ4n) is 1.99. The molecule has 0 bridgehead atoms. The molecule has 0 unspecified atom stereocenters. The molecule has 2 aromatic heterocycles. The number of para-hydroxylation sites is 1. The van der Waals surface area contributed by atoms with Crippen molar-refractivity contribution in [1.82, 2.24) is 9.97 Å². The molecule has 0 atom stereocenters. The van der Waals surface area contributed by atoms with Crippen molar-refractivity contribution in [2.45, 2.75) is 6.92 Å². The molecular weight excluding hydrogens is 250 g/mol. The van der Waals surface area contributed by atoms with Gasteiger partial charge >= 0.3 is 0 Å². The molecule has 3 aromatic rings. The van der Waals surface area contributed by atoms with Crippen LogP contribution in [0.1, 0.15) is 5.82 Å². The van der Waals surface area contributed by atoms with Gasteiger partial charge in [0.05, 0.1) is 0 Å². The lowest BCUT2D eigenvalue weighted by Crippen LogP contribution is -2.11. The number of hydrogen-bond donors (Lipinski definition) is 0. The van der Waals surface area contributed by atoms with Crippen LogP contribution in [-0.4, -0.2) is 24.1 Å². The third-order valence-electron chi connectivity index (χ3n) is 2.74. The van der Waals surface area contributed by atoms with Crippen LogP contribution in [0.15, 0.2) is 28.7 Å². The van der Waals surface area contributed by atoms with Crippen molar-refractivity contribution in [2.75, 3.05) is 19.0 Å². The summed E-state index contributed by atoms with van der Waals surface area (Å²) in [5.41, 5.74) is 2.49. The summed E-state index contributed by atoms with van der Waals surface area (Å²) < 4.78 is 5.83. The molecule has 0 radical (unpaired) electrons. The monoisotopic (exact) mass is 263 g/mol. The second-order valence-corrected chi connectivity index (χ2v) is 4.26. The molecule has 94 valence electrons. The van der Waals surface area contributed by atoms with Crippen molar-refractivity contribution >= 4 is 40.3 Å². The summed E-state index contributed by atoms with van der Waals surface area (Å²) in [5, 5.41) is 1.04. The Morgan fingerprint density at radius 1 is 1.11 bits per heavy atom. The highest BCUT2D eigenvalue weighted by molar-refractivity contribution is 6.05. The van der Waals surface area contributed by atoms with E-state index in [1.54, 1.807) is 0 Å². The molecule has 1 aromatic carbocycles. The summed E-state index contributed by atoms with van der Waals surface area (Å²) in [6, 6.07) is 7.92. The maximum atomic E-state index is 5.83. The normalized spacial score (nSPS) is 10.6. The van der Waals surface area contributed by atoms with Gasteiger partial charge in [-0.3, -0.25) is 0 Å². The van der Waals surface area contributed by atoms with E-state index in [0.717, 1.165) is 33.7 Å². The summed E-state index contributed by atoms with van der Waals surface area (Å²) in [6.07, 6.45) is 0. The van der Waals surface area contributed by atoms with Crippen LogP contribution in [0, 0.1) is 6.92 Å². The summed E-state index contributed by atoms with van der Waals surface area (Å²) in [6.45, 7) is 1.90. The molecule has 0 aliphatic rings. The molecule has 0 spiro atoms. The minimum Gasteiger partial charge on any atom is -0.450 e. The number of hydrogen-bond acceptors (Lipinski definition) is 4. The Morgan fingerprint density at radius 3 is 2.56 bits per heavy atom. The van der Waals surface area contributed by atoms with E-state index in [1.165, 1.54) is 0 Å². The Labute approximate surface area is 111 Å². The number of rotatable bonds is 1. The first-order valence-corrected chi connectivity index (χ1v) is 5.50. The lowest BCUT2D eigenvalue weighted by molar-refractivity contribution is 0.664. The van der Waals surface area contributed by atoms with Gasteiger partial charge in [0.1, 0.15) is 16.9 Å². The van der Waals surface area contributed by atoms with Gasteiger partial charge in [-0.25, -0.2) is 9.97 Å². The predicted octanol–water partition coefficient (Wildman–Crippen LogP) is 3.17. The van der Waals surface area contributed by atoms with E-state index in [9.17, 15) is 0 Å². The van der Waals surface area contributed by atoms with Crippen molar-refractivity contribution in [3.05, 3.63) is 30.1 Å². The SMILES string of the molecule is Cc1nc(N(C)C)c2oc3ccccc3c2n1.Cl. The van der Waals surface area contributed by atoms with Crippen molar-refractivity contribution < 1.29 is 4.42 Å². The molecule has 0 fully saturated rings. The highest BCUT2D eigenvalue weighted by Crippen LogP contribution is 2.31. The topological polar surface area (TPSA) is 42.2 Å². The van der Waals surface area contributed by atoms with Gasteiger partial charge < -0.3 is 9.32 Å². The van der Waals surface area contributed by atoms with Gasteiger partial charge in [-0.1, -0.05) is 12.1 Å². The molecule has 2 heterocycles. The zero-order chi connectivity index (χ0) is 12.0. The number of aromatic nitrogens is 2. The van der Waals surface area contributed by atoms with Crippen LogP contribution < -0.4 is 4.90 Å². The highest BCUT2D eigenvalue weighted by Gasteiger charge is 2.15. The van der Waals surface area contributed by atoms with Gasteiger partial charge in [0, 0.05) is 19.5 Å². The Kier molecular flexibility index (Phi) is 3.13. The quantitative estimate of drug-likeness (QED) is 0.676. The molecule has 5 heteroatoms. The van der Waals surface area contributed by atoms with E-state index >= 15 is 0 Å². The van der Waals surface area contributed by atoms with E-state index < -0.39 is 0 Å². The molecule has 0 amide bonds. The number of furan rings is 1. The van der Waals surface area contributed by atoms with E-state index in [0.29, 0.717) is 0 Å². The number of aryl methyl sites for hydroxylation is 1. The van der Waals surface area contributed by atoms with Gasteiger partial charge in [-0.05, 0) is 19.1 Å². The highest BCUT2D eigenvalue weighted by atomic mass is 35.5. The molecular formula is C13H14ClN3O. The third-order valence-corrected chi connectivity index (χ3v) is 2.74. The average Bonchev–Trinajstić information content (AvgIpc) is 2.66. The van der Waals surface area contributed by atoms with Crippen LogP contribution in [0.3, 0.4) is 0 Å². The standard InChI is InChI=1S/C13H13N3O.ClH/c1-8-14-11-9-6-4-5-7-10(9)17-12(11)13(15-8)16(2)3;/h4-7H,1-3H3;1H. The minimum atomic E-state index is 0. The summed E-state index contributed by atoms with van der Waals surface area (Å²) in [4.78, 5) is 10.8. The smallest absolute Gasteiger partial charge is 0.196 e. The number of anilines is 1. The molecule has 0 saturated carbocycles. The number of benzene rings is 1. The fourth-order valence-corrected chi connectivity index (χ4v) is 1.99. The largest absolute Gasteiger partial charge is 0.450 e. The van der Waals surface area contributed by atoms with Gasteiger partial charge in [-0.2, -0.15) is 0 Å². The summed E-state index contributed by atoms with van der Waals surface area (Å²) >= 11 is 0. The lowest BCUT2D eigenvalue weighted by Gasteiger charge is -2.11. The summed E-state index contributed by atoms with van der Waals surface area (Å²) in [7, 11) is 3.91. The van der Waals surface area contributed by atoms with Crippen LogP contribution >= 0.6 is 12.4 Å². The molecule has 0 aliphatic carbocycles. The van der Waals surface area contributed by atoms with Crippen LogP contribution in [0.4, 0.5) is 5.82 Å². The average molecular weight is 264 g/mol. The Hall–Kier alpha value is -1.81. The first-order valence-electron chi connectivity index (χ1n) is 5.50. The van der Waals surface area contributed by atoms with E-state index in [1.807, 2.05) is 50.2 Å². The van der Waals surface area contributed by atoms with E-state index in [2.05, 4.69) is 9.97 Å². The van der Waals surface area contributed by atoms with E-state index in [4.69, 9.17) is 4.42 Å². The van der Waals surface area contributed by atoms with Crippen LogP contribution in [0.2, 0.25) is 0 Å². The van der Waals surface area contributed by atoms with Crippen LogP contribution in [-0.2, 0) is 0 Å². The third kappa shape index (κ3) is 1.78. The van der Waals surface area contributed by atoms with Crippen LogP contribution in [0.5, 0.6) is 0 Å². The van der Waals surface area contributed by atoms with E-state index in [-0.39, 0.29) is 12.4 Å². The maximum Gasteiger partial charge on any atom is 0.196 e. The Bertz CT molecular complexity index is 706. The molecule has 4 nitrogen and oxygen atoms in total. The first kappa shape index (κ1) is 12.6. The predicted molar refractivity (Wildman–Crippen MR) is 75.6 cm³/mol. The van der Waals surface area contributed by atoms with Gasteiger partial charge in [-0.15, -0.1) is 12.4 Å². The Morgan fingerprint density at radius 2 is 1.83 bits per heavy atom. The van der Waals surface area contributed by atoms with Crippen LogP contribution in [0.25, 0.3) is 22.1 Å². The fraction of sp³-hybridized carbons (Fsp3) is 0.231. The summed E-state index contributed by atoms with van der Waals surface area (Å²) in [5.74, 6) is 1.58. The lowest BCUT2D eigenvalue weighted by atomic mass is 10.2. The zero-order valence-corrected chi connectivity index (χ0v) is 11.3. The Balaban J connectivity index is 0.00000120. The van der Waals surface area contributed by atoms with Crippen molar-refractivity contribution in [1.29, 1.82) is 0 Å². The second-order valence-electron chi connectivity index (χ2n) is 4.26. The van der Waals surface area contributed by atoms with Crippen molar-refractivity contribution in [3.8, 4) is 0 Å². The number of fused-ring (bicyclic) bond motifs is 3. The number of nitrogens with zero attached hydrogens (tertiary/aromatic N) is 3. The van der Waals surface area contributed by atoms with Crippen molar-refractivity contribution in [2.24, 2.45) is 0 Å².